The van der Waals surface area contributed by atoms with Gasteiger partial charge in [-0.1, -0.05) is 6.07 Å². The fourth-order valence-electron chi connectivity index (χ4n) is 1.30. The van der Waals surface area contributed by atoms with E-state index in [0.717, 1.165) is 0 Å². The van der Waals surface area contributed by atoms with E-state index < -0.39 is 12.3 Å². The monoisotopic (exact) mass is 279 g/mol. The van der Waals surface area contributed by atoms with Crippen LogP contribution in [0.1, 0.15) is 11.5 Å². The highest BCUT2D eigenvalue weighted by Gasteiger charge is 2.21. The molecule has 0 aromatic heterocycles. The molecule has 1 rings (SSSR count). The highest BCUT2D eigenvalue weighted by Crippen LogP contribution is 2.30. The fourth-order valence-corrected chi connectivity index (χ4v) is 1.86. The Balaban J connectivity index is 3.00. The second-order valence-electron chi connectivity index (χ2n) is 3.07. The third-order valence-electron chi connectivity index (χ3n) is 2.16. The van der Waals surface area contributed by atoms with Gasteiger partial charge in [0.2, 0.25) is 6.43 Å². The van der Waals surface area contributed by atoms with E-state index in [1.165, 1.54) is 7.11 Å². The van der Waals surface area contributed by atoms with Crippen molar-refractivity contribution in [2.45, 2.75) is 12.3 Å². The molecule has 0 saturated heterocycles. The Hall–Kier alpha value is -0.680. The summed E-state index contributed by atoms with van der Waals surface area (Å²) in [4.78, 5) is 0. The van der Waals surface area contributed by atoms with E-state index >= 15 is 0 Å². The average molecular weight is 280 g/mol. The summed E-state index contributed by atoms with van der Waals surface area (Å²) >= 11 is 3.24. The summed E-state index contributed by atoms with van der Waals surface area (Å²) < 4.78 is 30.8. The van der Waals surface area contributed by atoms with Crippen molar-refractivity contribution in [3.05, 3.63) is 28.2 Å². The van der Waals surface area contributed by atoms with Crippen LogP contribution in [0.2, 0.25) is 0 Å². The first-order valence-electron chi connectivity index (χ1n) is 4.41. The molecule has 15 heavy (non-hydrogen) atoms. The molecule has 5 heteroatoms. The Morgan fingerprint density at radius 1 is 1.47 bits per heavy atom. The first-order chi connectivity index (χ1) is 7.10. The van der Waals surface area contributed by atoms with E-state index in [-0.39, 0.29) is 6.54 Å². The Labute approximate surface area is 95.5 Å². The Bertz CT molecular complexity index is 333. The quantitative estimate of drug-likeness (QED) is 0.920. The van der Waals surface area contributed by atoms with Gasteiger partial charge in [-0.3, -0.25) is 0 Å². The minimum Gasteiger partial charge on any atom is -0.496 e. The standard InChI is InChI=1S/C10H12BrF2NO/c1-15-9-3-2-6(4-8(9)11)7(5-14)10(12)13/h2-4,7,10H,5,14H2,1H3. The van der Waals surface area contributed by atoms with Gasteiger partial charge in [-0.2, -0.15) is 0 Å². The zero-order valence-corrected chi connectivity index (χ0v) is 9.80. The maximum Gasteiger partial charge on any atom is 0.246 e. The SMILES string of the molecule is COc1ccc(C(CN)C(F)F)cc1Br. The summed E-state index contributed by atoms with van der Waals surface area (Å²) in [5.74, 6) is -0.309. The number of halogens is 3. The molecule has 0 spiro atoms. The third-order valence-corrected chi connectivity index (χ3v) is 2.78. The van der Waals surface area contributed by atoms with E-state index in [0.29, 0.717) is 15.8 Å². The van der Waals surface area contributed by atoms with Crippen molar-refractivity contribution in [3.63, 3.8) is 0 Å². The number of hydrogen-bond donors (Lipinski definition) is 1. The lowest BCUT2D eigenvalue weighted by Crippen LogP contribution is -2.19. The molecule has 0 aliphatic carbocycles. The Morgan fingerprint density at radius 2 is 2.13 bits per heavy atom. The number of methoxy groups -OCH3 is 1. The van der Waals surface area contributed by atoms with Crippen molar-refractivity contribution >= 4 is 15.9 Å². The van der Waals surface area contributed by atoms with Gasteiger partial charge in [-0.15, -0.1) is 0 Å². The summed E-state index contributed by atoms with van der Waals surface area (Å²) in [5.41, 5.74) is 5.81. The van der Waals surface area contributed by atoms with Crippen LogP contribution in [0.15, 0.2) is 22.7 Å². The summed E-state index contributed by atoms with van der Waals surface area (Å²) in [7, 11) is 1.52. The zero-order chi connectivity index (χ0) is 11.4. The lowest BCUT2D eigenvalue weighted by atomic mass is 10.00. The first-order valence-corrected chi connectivity index (χ1v) is 5.21. The summed E-state index contributed by atoms with van der Waals surface area (Å²) in [6.07, 6.45) is -2.45. The van der Waals surface area contributed by atoms with Gasteiger partial charge in [0.1, 0.15) is 5.75 Å². The summed E-state index contributed by atoms with van der Waals surface area (Å²) in [5, 5.41) is 0. The minimum absolute atomic E-state index is 0.0730. The average Bonchev–Trinajstić information content (AvgIpc) is 2.18. The third kappa shape index (κ3) is 2.89. The molecule has 0 aliphatic heterocycles. The molecule has 84 valence electrons. The molecule has 0 fully saturated rings. The van der Waals surface area contributed by atoms with Gasteiger partial charge >= 0.3 is 0 Å². The zero-order valence-electron chi connectivity index (χ0n) is 8.21. The van der Waals surface area contributed by atoms with E-state index in [9.17, 15) is 8.78 Å². The van der Waals surface area contributed by atoms with Crippen LogP contribution in [0.3, 0.4) is 0 Å². The lowest BCUT2D eigenvalue weighted by Gasteiger charge is -2.15. The van der Waals surface area contributed by atoms with Crippen LogP contribution in [0.5, 0.6) is 5.75 Å². The van der Waals surface area contributed by atoms with Gasteiger partial charge in [0.15, 0.2) is 0 Å². The van der Waals surface area contributed by atoms with Crippen LogP contribution >= 0.6 is 15.9 Å². The van der Waals surface area contributed by atoms with Gasteiger partial charge in [-0.05, 0) is 33.6 Å². The second-order valence-corrected chi connectivity index (χ2v) is 3.92. The van der Waals surface area contributed by atoms with Gasteiger partial charge in [-0.25, -0.2) is 8.78 Å². The number of rotatable bonds is 4. The smallest absolute Gasteiger partial charge is 0.246 e. The van der Waals surface area contributed by atoms with Gasteiger partial charge in [0.05, 0.1) is 17.5 Å². The van der Waals surface area contributed by atoms with Crippen LogP contribution in [-0.2, 0) is 0 Å². The minimum atomic E-state index is -2.45. The number of alkyl halides is 2. The maximum atomic E-state index is 12.6. The highest BCUT2D eigenvalue weighted by atomic mass is 79.9. The van der Waals surface area contributed by atoms with Crippen LogP contribution in [-0.4, -0.2) is 20.1 Å². The van der Waals surface area contributed by atoms with Crippen molar-refractivity contribution in [3.8, 4) is 5.75 Å². The van der Waals surface area contributed by atoms with Crippen LogP contribution in [0.25, 0.3) is 0 Å². The predicted molar refractivity (Wildman–Crippen MR) is 58.5 cm³/mol. The predicted octanol–water partition coefficient (Wildman–Crippen LogP) is 2.77. The van der Waals surface area contributed by atoms with E-state index in [1.807, 2.05) is 0 Å². The van der Waals surface area contributed by atoms with Gasteiger partial charge in [0, 0.05) is 6.54 Å². The van der Waals surface area contributed by atoms with Crippen molar-refractivity contribution < 1.29 is 13.5 Å². The molecular weight excluding hydrogens is 268 g/mol. The summed E-state index contributed by atoms with van der Waals surface area (Å²) in [6.45, 7) is -0.0730. The van der Waals surface area contributed by atoms with E-state index in [4.69, 9.17) is 10.5 Å². The molecule has 0 bridgehead atoms. The molecule has 0 saturated carbocycles. The molecule has 0 radical (unpaired) electrons. The van der Waals surface area contributed by atoms with Crippen LogP contribution < -0.4 is 10.5 Å². The van der Waals surface area contributed by atoms with Crippen molar-refractivity contribution in [2.24, 2.45) is 5.73 Å². The molecule has 1 aromatic carbocycles. The highest BCUT2D eigenvalue weighted by molar-refractivity contribution is 9.10. The molecule has 1 aromatic rings. The van der Waals surface area contributed by atoms with Crippen LogP contribution in [0, 0.1) is 0 Å². The molecule has 2 N–H and O–H groups in total. The molecular formula is C10H12BrF2NO. The van der Waals surface area contributed by atoms with Crippen molar-refractivity contribution in [1.82, 2.24) is 0 Å². The number of nitrogens with two attached hydrogens (primary N) is 1. The summed E-state index contributed by atoms with van der Waals surface area (Å²) in [6, 6.07) is 4.86. The second kappa shape index (κ2) is 5.42. The largest absolute Gasteiger partial charge is 0.496 e. The van der Waals surface area contributed by atoms with Crippen molar-refractivity contribution in [2.75, 3.05) is 13.7 Å². The Kier molecular flexibility index (Phi) is 4.47. The molecule has 2 nitrogen and oxygen atoms in total. The van der Waals surface area contributed by atoms with E-state index in [1.54, 1.807) is 18.2 Å². The normalized spacial score (nSPS) is 12.9. The number of hydrogen-bond acceptors (Lipinski definition) is 2. The van der Waals surface area contributed by atoms with Gasteiger partial charge in [0.25, 0.3) is 0 Å². The fraction of sp³-hybridized carbons (Fsp3) is 0.400. The molecule has 0 aliphatic rings. The van der Waals surface area contributed by atoms with E-state index in [2.05, 4.69) is 15.9 Å². The molecule has 1 unspecified atom stereocenters. The molecule has 1 atom stereocenters. The number of benzene rings is 1. The topological polar surface area (TPSA) is 35.2 Å². The van der Waals surface area contributed by atoms with Crippen LogP contribution in [0.4, 0.5) is 8.78 Å². The lowest BCUT2D eigenvalue weighted by molar-refractivity contribution is 0.117. The van der Waals surface area contributed by atoms with Crippen molar-refractivity contribution in [1.29, 1.82) is 0 Å². The maximum absolute atomic E-state index is 12.6. The Morgan fingerprint density at radius 3 is 2.53 bits per heavy atom. The van der Waals surface area contributed by atoms with Gasteiger partial charge < -0.3 is 10.5 Å². The number of ether oxygens (including phenoxy) is 1. The molecule has 0 amide bonds. The first kappa shape index (κ1) is 12.4. The molecule has 0 heterocycles.